The molecule has 1 aromatic carbocycles. The van der Waals surface area contributed by atoms with Crippen LogP contribution in [0.2, 0.25) is 0 Å². The summed E-state index contributed by atoms with van der Waals surface area (Å²) < 4.78 is 6.57. The first-order chi connectivity index (χ1) is 11.0. The van der Waals surface area contributed by atoms with Gasteiger partial charge in [-0.25, -0.2) is 0 Å². The van der Waals surface area contributed by atoms with Crippen LogP contribution >= 0.6 is 15.9 Å². The van der Waals surface area contributed by atoms with Crippen LogP contribution in [0.1, 0.15) is 32.6 Å². The summed E-state index contributed by atoms with van der Waals surface area (Å²) >= 11 is 3.38. The molecule has 0 unspecified atom stereocenters. The fourth-order valence-corrected chi connectivity index (χ4v) is 3.32. The average Bonchev–Trinajstić information content (AvgIpc) is 2.51. The smallest absolute Gasteiger partial charge is 0.308 e. The molecular weight excluding hydrogens is 362 g/mol. The van der Waals surface area contributed by atoms with E-state index in [1.54, 1.807) is 4.90 Å². The van der Waals surface area contributed by atoms with Gasteiger partial charge in [-0.05, 0) is 44.4 Å². The van der Waals surface area contributed by atoms with Crippen LogP contribution in [0.15, 0.2) is 28.7 Å². The minimum Gasteiger partial charge on any atom is -0.494 e. The van der Waals surface area contributed by atoms with E-state index in [1.807, 2.05) is 31.2 Å². The summed E-state index contributed by atoms with van der Waals surface area (Å²) in [5.41, 5.74) is 0. The van der Waals surface area contributed by atoms with Crippen LogP contribution in [-0.2, 0) is 9.59 Å². The third-order valence-corrected chi connectivity index (χ3v) is 4.72. The first-order valence-corrected chi connectivity index (χ1v) is 8.69. The van der Waals surface area contributed by atoms with Gasteiger partial charge in [0.15, 0.2) is 0 Å². The van der Waals surface area contributed by atoms with E-state index in [0.29, 0.717) is 32.4 Å². The molecule has 0 bridgehead atoms. The average molecular weight is 384 g/mol. The number of piperidine rings is 1. The maximum Gasteiger partial charge on any atom is 0.308 e. The quantitative estimate of drug-likeness (QED) is 0.765. The number of nitrogens with zero attached hydrogens (tertiary/aromatic N) is 1. The molecule has 0 saturated carbocycles. The third kappa shape index (κ3) is 4.96. The third-order valence-electron chi connectivity index (χ3n) is 4.23. The summed E-state index contributed by atoms with van der Waals surface area (Å²) in [6.45, 7) is 2.94. The number of carbonyl (C=O) groups is 2. The lowest BCUT2D eigenvalue weighted by molar-refractivity contribution is -0.149. The van der Waals surface area contributed by atoms with Gasteiger partial charge >= 0.3 is 5.97 Å². The van der Waals surface area contributed by atoms with E-state index >= 15 is 0 Å². The molecule has 1 N–H and O–H groups in total. The van der Waals surface area contributed by atoms with Gasteiger partial charge in [0.25, 0.3) is 0 Å². The molecule has 23 heavy (non-hydrogen) atoms. The second kappa shape index (κ2) is 8.34. The van der Waals surface area contributed by atoms with Crippen molar-refractivity contribution >= 4 is 27.8 Å². The summed E-state index contributed by atoms with van der Waals surface area (Å²) in [6, 6.07) is 7.33. The highest BCUT2D eigenvalue weighted by atomic mass is 79.9. The minimum atomic E-state index is -0.812. The second-order valence-electron chi connectivity index (χ2n) is 5.82. The zero-order valence-corrected chi connectivity index (χ0v) is 14.8. The normalized spacial score (nSPS) is 21.0. The number of halogens is 1. The lowest BCUT2D eigenvalue weighted by Gasteiger charge is -2.37. The van der Waals surface area contributed by atoms with E-state index in [9.17, 15) is 14.7 Å². The zero-order valence-electron chi connectivity index (χ0n) is 13.2. The van der Waals surface area contributed by atoms with Crippen LogP contribution in [0.5, 0.6) is 5.75 Å². The maximum atomic E-state index is 12.3. The van der Waals surface area contributed by atoms with Crippen molar-refractivity contribution in [1.82, 2.24) is 4.90 Å². The lowest BCUT2D eigenvalue weighted by Crippen LogP contribution is -2.49. The van der Waals surface area contributed by atoms with Crippen molar-refractivity contribution in [3.8, 4) is 5.75 Å². The fourth-order valence-electron chi connectivity index (χ4n) is 2.94. The molecule has 1 aliphatic rings. The molecule has 1 saturated heterocycles. The van der Waals surface area contributed by atoms with Crippen molar-refractivity contribution in [3.63, 3.8) is 0 Å². The number of aliphatic carboxylic acids is 1. The molecule has 2 atom stereocenters. The van der Waals surface area contributed by atoms with Crippen molar-refractivity contribution in [2.45, 2.75) is 38.6 Å². The van der Waals surface area contributed by atoms with E-state index in [2.05, 4.69) is 15.9 Å². The molecule has 1 amide bonds. The van der Waals surface area contributed by atoms with Gasteiger partial charge in [0, 0.05) is 23.5 Å². The SMILES string of the molecule is C[C@@H]1[C@H](C(=O)O)CCCN1C(=O)CCCOc1cccc(Br)c1. The molecule has 0 aromatic heterocycles. The van der Waals surface area contributed by atoms with Gasteiger partial charge in [0.05, 0.1) is 12.5 Å². The molecule has 0 radical (unpaired) electrons. The van der Waals surface area contributed by atoms with Crippen LogP contribution < -0.4 is 4.74 Å². The van der Waals surface area contributed by atoms with E-state index in [0.717, 1.165) is 16.6 Å². The van der Waals surface area contributed by atoms with Gasteiger partial charge in [-0.3, -0.25) is 9.59 Å². The van der Waals surface area contributed by atoms with Crippen molar-refractivity contribution in [2.24, 2.45) is 5.92 Å². The first kappa shape index (κ1) is 17.8. The number of benzene rings is 1. The van der Waals surface area contributed by atoms with E-state index in [4.69, 9.17) is 4.74 Å². The van der Waals surface area contributed by atoms with Crippen molar-refractivity contribution in [2.75, 3.05) is 13.2 Å². The number of ether oxygens (including phenoxy) is 1. The molecule has 5 nitrogen and oxygen atoms in total. The number of carboxylic acid groups (broad SMARTS) is 1. The van der Waals surface area contributed by atoms with E-state index < -0.39 is 11.9 Å². The molecule has 1 heterocycles. The summed E-state index contributed by atoms with van der Waals surface area (Å²) in [5, 5.41) is 9.21. The highest BCUT2D eigenvalue weighted by molar-refractivity contribution is 9.10. The standard InChI is InChI=1S/C17H22BrNO4/c1-12-15(17(21)22)7-3-9-19(12)16(20)8-4-10-23-14-6-2-5-13(18)11-14/h2,5-6,11-12,15H,3-4,7-10H2,1H3,(H,21,22)/t12-,15-/m1/s1. The number of hydrogen-bond donors (Lipinski definition) is 1. The van der Waals surface area contributed by atoms with Crippen LogP contribution in [0.3, 0.4) is 0 Å². The van der Waals surface area contributed by atoms with Crippen molar-refractivity contribution in [3.05, 3.63) is 28.7 Å². The molecule has 0 spiro atoms. The Balaban J connectivity index is 1.77. The summed E-state index contributed by atoms with van der Waals surface area (Å²) in [7, 11) is 0. The highest BCUT2D eigenvalue weighted by Crippen LogP contribution is 2.24. The van der Waals surface area contributed by atoms with Gasteiger partial charge in [-0.2, -0.15) is 0 Å². The number of likely N-dealkylation sites (tertiary alicyclic amines) is 1. The van der Waals surface area contributed by atoms with Crippen molar-refractivity contribution in [1.29, 1.82) is 0 Å². The molecule has 2 rings (SSSR count). The van der Waals surface area contributed by atoms with Gasteiger partial charge < -0.3 is 14.7 Å². The Bertz CT molecular complexity index is 563. The van der Waals surface area contributed by atoms with Crippen LogP contribution in [0.4, 0.5) is 0 Å². The highest BCUT2D eigenvalue weighted by Gasteiger charge is 2.34. The summed E-state index contributed by atoms with van der Waals surface area (Å²) in [4.78, 5) is 25.2. The molecule has 1 aromatic rings. The van der Waals surface area contributed by atoms with Gasteiger partial charge in [0.1, 0.15) is 5.75 Å². The first-order valence-electron chi connectivity index (χ1n) is 7.89. The monoisotopic (exact) mass is 383 g/mol. The predicted octanol–water partition coefficient (Wildman–Crippen LogP) is 3.32. The van der Waals surface area contributed by atoms with Gasteiger partial charge in [0.2, 0.25) is 5.91 Å². The number of carboxylic acids is 1. The van der Waals surface area contributed by atoms with Crippen LogP contribution in [0, 0.1) is 5.92 Å². The molecular formula is C17H22BrNO4. The Morgan fingerprint density at radius 3 is 2.91 bits per heavy atom. The lowest BCUT2D eigenvalue weighted by atomic mass is 9.90. The minimum absolute atomic E-state index is 0.0151. The zero-order chi connectivity index (χ0) is 16.8. The van der Waals surface area contributed by atoms with E-state index in [1.165, 1.54) is 0 Å². The Morgan fingerprint density at radius 1 is 1.43 bits per heavy atom. The maximum absolute atomic E-state index is 12.3. The number of carbonyl (C=O) groups excluding carboxylic acids is 1. The van der Waals surface area contributed by atoms with Gasteiger partial charge in [-0.1, -0.05) is 22.0 Å². The number of amides is 1. The Hall–Kier alpha value is -1.56. The molecule has 6 heteroatoms. The van der Waals surface area contributed by atoms with Gasteiger partial charge in [-0.15, -0.1) is 0 Å². The fraction of sp³-hybridized carbons (Fsp3) is 0.529. The summed E-state index contributed by atoms with van der Waals surface area (Å²) in [5.74, 6) is -0.482. The van der Waals surface area contributed by atoms with E-state index in [-0.39, 0.29) is 11.9 Å². The van der Waals surface area contributed by atoms with Crippen molar-refractivity contribution < 1.29 is 19.4 Å². The molecule has 1 fully saturated rings. The predicted molar refractivity (Wildman–Crippen MR) is 90.4 cm³/mol. The largest absolute Gasteiger partial charge is 0.494 e. The molecule has 126 valence electrons. The Kier molecular flexibility index (Phi) is 6.45. The topological polar surface area (TPSA) is 66.8 Å². The van der Waals surface area contributed by atoms with Crippen LogP contribution in [-0.4, -0.2) is 41.1 Å². The summed E-state index contributed by atoms with van der Waals surface area (Å²) in [6.07, 6.45) is 2.39. The molecule has 1 aliphatic heterocycles. The van der Waals surface area contributed by atoms with Crippen LogP contribution in [0.25, 0.3) is 0 Å². The Morgan fingerprint density at radius 2 is 2.22 bits per heavy atom. The second-order valence-corrected chi connectivity index (χ2v) is 6.74. The molecule has 0 aliphatic carbocycles. The number of hydrogen-bond acceptors (Lipinski definition) is 3. The number of rotatable bonds is 6. The Labute approximate surface area is 144 Å².